The highest BCUT2D eigenvalue weighted by Gasteiger charge is 2.26. The van der Waals surface area contributed by atoms with Crippen molar-refractivity contribution >= 4 is 5.69 Å². The van der Waals surface area contributed by atoms with Crippen LogP contribution in [0.25, 0.3) is 0 Å². The Morgan fingerprint density at radius 1 is 1.05 bits per heavy atom. The number of piperidine rings is 1. The molecule has 0 unspecified atom stereocenters. The molecule has 122 valence electrons. The van der Waals surface area contributed by atoms with Crippen molar-refractivity contribution in [3.05, 3.63) is 29.8 Å². The Hall–Kier alpha value is -1.06. The van der Waals surface area contributed by atoms with Crippen LogP contribution in [0, 0.1) is 0 Å². The van der Waals surface area contributed by atoms with Crippen molar-refractivity contribution in [3.63, 3.8) is 0 Å². The summed E-state index contributed by atoms with van der Waals surface area (Å²) in [7, 11) is 0. The van der Waals surface area contributed by atoms with Gasteiger partial charge in [0.15, 0.2) is 0 Å². The van der Waals surface area contributed by atoms with E-state index in [2.05, 4.69) is 53.2 Å². The first-order valence-electron chi connectivity index (χ1n) is 9.04. The number of benzene rings is 1. The first-order chi connectivity index (χ1) is 10.7. The quantitative estimate of drug-likeness (QED) is 0.900. The summed E-state index contributed by atoms with van der Waals surface area (Å²) in [5.74, 6) is 0. The fourth-order valence-electron chi connectivity index (χ4n) is 3.86. The first kappa shape index (κ1) is 15.8. The van der Waals surface area contributed by atoms with Gasteiger partial charge in [-0.15, -0.1) is 0 Å². The molecule has 0 atom stereocenters. The van der Waals surface area contributed by atoms with E-state index in [1.54, 1.807) is 0 Å². The van der Waals surface area contributed by atoms with Crippen LogP contribution in [0.5, 0.6) is 0 Å². The molecule has 3 rings (SSSR count). The summed E-state index contributed by atoms with van der Waals surface area (Å²) in [5.41, 5.74) is 2.88. The van der Waals surface area contributed by atoms with Crippen molar-refractivity contribution in [2.24, 2.45) is 0 Å². The Morgan fingerprint density at radius 2 is 1.73 bits per heavy atom. The van der Waals surface area contributed by atoms with Gasteiger partial charge in [0, 0.05) is 37.4 Å². The van der Waals surface area contributed by atoms with Gasteiger partial charge in [-0.3, -0.25) is 0 Å². The molecule has 0 radical (unpaired) electrons. The Kier molecular flexibility index (Phi) is 5.37. The lowest BCUT2D eigenvalue weighted by atomic mass is 10.0. The second-order valence-electron chi connectivity index (χ2n) is 7.13. The summed E-state index contributed by atoms with van der Waals surface area (Å²) in [6, 6.07) is 10.3. The predicted molar refractivity (Wildman–Crippen MR) is 94.5 cm³/mol. The van der Waals surface area contributed by atoms with Gasteiger partial charge in [-0.1, -0.05) is 32.0 Å². The lowest BCUT2D eigenvalue weighted by Crippen LogP contribution is -2.44. The van der Waals surface area contributed by atoms with Gasteiger partial charge < -0.3 is 15.1 Å². The van der Waals surface area contributed by atoms with E-state index in [-0.39, 0.29) is 0 Å². The standard InChI is InChI=1S/C19H31N3/c1-16(2)20-15-17-7-3-4-8-19(17)22-13-9-18(10-14-22)21-11-5-6-12-21/h3-4,7-8,16,18,20H,5-6,9-15H2,1-2H3. The number of anilines is 1. The minimum Gasteiger partial charge on any atom is -0.371 e. The first-order valence-corrected chi connectivity index (χ1v) is 9.04. The molecule has 3 heteroatoms. The third-order valence-corrected chi connectivity index (χ3v) is 5.15. The van der Waals surface area contributed by atoms with Crippen LogP contribution >= 0.6 is 0 Å². The molecule has 1 N–H and O–H groups in total. The Morgan fingerprint density at radius 3 is 2.41 bits per heavy atom. The van der Waals surface area contributed by atoms with Crippen LogP contribution in [0.3, 0.4) is 0 Å². The number of hydrogen-bond donors (Lipinski definition) is 1. The molecule has 22 heavy (non-hydrogen) atoms. The van der Waals surface area contributed by atoms with Crippen molar-refractivity contribution in [2.75, 3.05) is 31.1 Å². The summed E-state index contributed by atoms with van der Waals surface area (Å²) in [6.45, 7) is 10.5. The van der Waals surface area contributed by atoms with E-state index in [1.807, 2.05) is 0 Å². The lowest BCUT2D eigenvalue weighted by molar-refractivity contribution is 0.208. The molecule has 0 spiro atoms. The van der Waals surface area contributed by atoms with Crippen LogP contribution in [0.15, 0.2) is 24.3 Å². The van der Waals surface area contributed by atoms with Crippen LogP contribution in [-0.2, 0) is 6.54 Å². The van der Waals surface area contributed by atoms with E-state index in [4.69, 9.17) is 0 Å². The van der Waals surface area contributed by atoms with Gasteiger partial charge in [-0.25, -0.2) is 0 Å². The van der Waals surface area contributed by atoms with Gasteiger partial charge in [0.1, 0.15) is 0 Å². The van der Waals surface area contributed by atoms with Crippen LogP contribution < -0.4 is 10.2 Å². The number of nitrogens with zero attached hydrogens (tertiary/aromatic N) is 2. The molecule has 2 saturated heterocycles. The maximum Gasteiger partial charge on any atom is 0.0411 e. The van der Waals surface area contributed by atoms with E-state index in [0.717, 1.165) is 12.6 Å². The van der Waals surface area contributed by atoms with Gasteiger partial charge in [0.05, 0.1) is 0 Å². The molecule has 2 aliphatic rings. The van der Waals surface area contributed by atoms with E-state index in [1.165, 1.54) is 63.1 Å². The zero-order chi connectivity index (χ0) is 15.4. The topological polar surface area (TPSA) is 18.5 Å². The third-order valence-electron chi connectivity index (χ3n) is 5.15. The van der Waals surface area contributed by atoms with Gasteiger partial charge in [0.25, 0.3) is 0 Å². The largest absolute Gasteiger partial charge is 0.371 e. The van der Waals surface area contributed by atoms with Crippen LogP contribution in [0.1, 0.15) is 45.1 Å². The number of para-hydroxylation sites is 1. The zero-order valence-electron chi connectivity index (χ0n) is 14.2. The second kappa shape index (κ2) is 7.47. The molecule has 0 saturated carbocycles. The van der Waals surface area contributed by atoms with Gasteiger partial charge in [-0.2, -0.15) is 0 Å². The van der Waals surface area contributed by atoms with Crippen LogP contribution in [-0.4, -0.2) is 43.2 Å². The van der Waals surface area contributed by atoms with Crippen molar-refractivity contribution in [1.82, 2.24) is 10.2 Å². The highest BCUT2D eigenvalue weighted by Crippen LogP contribution is 2.27. The SMILES string of the molecule is CC(C)NCc1ccccc1N1CCC(N2CCCC2)CC1. The highest BCUT2D eigenvalue weighted by atomic mass is 15.2. The fraction of sp³-hybridized carbons (Fsp3) is 0.684. The van der Waals surface area contributed by atoms with Gasteiger partial charge in [-0.05, 0) is 50.4 Å². The summed E-state index contributed by atoms with van der Waals surface area (Å²) in [4.78, 5) is 5.33. The van der Waals surface area contributed by atoms with E-state index >= 15 is 0 Å². The molecule has 0 aliphatic carbocycles. The molecular formula is C19H31N3. The maximum atomic E-state index is 3.56. The molecule has 2 aliphatic heterocycles. The minimum absolute atomic E-state index is 0.536. The Bertz CT molecular complexity index is 458. The van der Waals surface area contributed by atoms with Gasteiger partial charge in [0.2, 0.25) is 0 Å². The van der Waals surface area contributed by atoms with Crippen molar-refractivity contribution in [1.29, 1.82) is 0 Å². The molecule has 1 aromatic rings. The van der Waals surface area contributed by atoms with Crippen LogP contribution in [0.4, 0.5) is 5.69 Å². The van der Waals surface area contributed by atoms with E-state index in [9.17, 15) is 0 Å². The molecule has 1 aromatic carbocycles. The highest BCUT2D eigenvalue weighted by molar-refractivity contribution is 5.54. The zero-order valence-corrected chi connectivity index (χ0v) is 14.2. The Labute approximate surface area is 135 Å². The van der Waals surface area contributed by atoms with Crippen molar-refractivity contribution < 1.29 is 0 Å². The maximum absolute atomic E-state index is 3.56. The fourth-order valence-corrected chi connectivity index (χ4v) is 3.86. The number of hydrogen-bond acceptors (Lipinski definition) is 3. The molecule has 2 fully saturated rings. The van der Waals surface area contributed by atoms with E-state index in [0.29, 0.717) is 6.04 Å². The molecule has 0 bridgehead atoms. The van der Waals surface area contributed by atoms with Crippen molar-refractivity contribution in [2.45, 2.75) is 58.2 Å². The number of nitrogens with one attached hydrogen (secondary N) is 1. The monoisotopic (exact) mass is 301 g/mol. The minimum atomic E-state index is 0.536. The second-order valence-corrected chi connectivity index (χ2v) is 7.13. The van der Waals surface area contributed by atoms with Gasteiger partial charge >= 0.3 is 0 Å². The van der Waals surface area contributed by atoms with Crippen molar-refractivity contribution in [3.8, 4) is 0 Å². The normalized spacial score (nSPS) is 21.0. The third kappa shape index (κ3) is 3.82. The summed E-state index contributed by atoms with van der Waals surface area (Å²) in [6.07, 6.45) is 5.46. The Balaban J connectivity index is 1.60. The lowest BCUT2D eigenvalue weighted by Gasteiger charge is -2.38. The summed E-state index contributed by atoms with van der Waals surface area (Å²) >= 11 is 0. The van der Waals surface area contributed by atoms with E-state index < -0.39 is 0 Å². The molecular weight excluding hydrogens is 270 g/mol. The summed E-state index contributed by atoms with van der Waals surface area (Å²) < 4.78 is 0. The van der Waals surface area contributed by atoms with Crippen LogP contribution in [0.2, 0.25) is 0 Å². The molecule has 0 amide bonds. The average Bonchev–Trinajstić information content (AvgIpc) is 3.08. The average molecular weight is 301 g/mol. The molecule has 2 heterocycles. The predicted octanol–water partition coefficient (Wildman–Crippen LogP) is 3.25. The smallest absolute Gasteiger partial charge is 0.0411 e. The summed E-state index contributed by atoms with van der Waals surface area (Å²) in [5, 5.41) is 3.56. The number of rotatable bonds is 5. The molecule has 0 aromatic heterocycles. The molecule has 3 nitrogen and oxygen atoms in total. The number of likely N-dealkylation sites (tertiary alicyclic amines) is 1.